The van der Waals surface area contributed by atoms with Gasteiger partial charge in [0.2, 0.25) is 0 Å². The first-order valence-corrected chi connectivity index (χ1v) is 5.86. The van der Waals surface area contributed by atoms with Crippen LogP contribution in [0.5, 0.6) is 0 Å². The first-order valence-electron chi connectivity index (χ1n) is 5.86. The summed E-state index contributed by atoms with van der Waals surface area (Å²) in [5.74, 6) is -0.630. The Hall–Kier alpha value is -0.830. The van der Waals surface area contributed by atoms with Crippen molar-refractivity contribution in [1.29, 1.82) is 0 Å². The van der Waals surface area contributed by atoms with Gasteiger partial charge in [0.15, 0.2) is 0 Å². The summed E-state index contributed by atoms with van der Waals surface area (Å²) in [6, 6.07) is 0. The van der Waals surface area contributed by atoms with Gasteiger partial charge in [-0.15, -0.1) is 0 Å². The van der Waals surface area contributed by atoms with Gasteiger partial charge in [0.1, 0.15) is 0 Å². The molecule has 16 heavy (non-hydrogen) atoms. The van der Waals surface area contributed by atoms with Crippen LogP contribution in [0.2, 0.25) is 0 Å². The van der Waals surface area contributed by atoms with Gasteiger partial charge < -0.3 is 10.4 Å². The van der Waals surface area contributed by atoms with Gasteiger partial charge in [0, 0.05) is 16.7 Å². The number of rotatable bonds is 2. The van der Waals surface area contributed by atoms with E-state index in [2.05, 4.69) is 33.0 Å². The molecule has 0 unspecified atom stereocenters. The first-order chi connectivity index (χ1) is 7.17. The van der Waals surface area contributed by atoms with Gasteiger partial charge in [-0.05, 0) is 53.4 Å². The highest BCUT2D eigenvalue weighted by atomic mass is 16.4. The fourth-order valence-electron chi connectivity index (χ4n) is 3.08. The number of allylic oxidation sites excluding steroid dienone is 1. The second-order valence-corrected chi connectivity index (χ2v) is 6.05. The molecule has 0 bridgehead atoms. The molecule has 1 heterocycles. The van der Waals surface area contributed by atoms with Crippen LogP contribution < -0.4 is 5.32 Å². The predicted molar refractivity (Wildman–Crippen MR) is 65.4 cm³/mol. The van der Waals surface area contributed by atoms with Crippen LogP contribution in [0, 0.1) is 5.92 Å². The van der Waals surface area contributed by atoms with E-state index in [1.807, 2.05) is 6.92 Å². The van der Waals surface area contributed by atoms with E-state index in [9.17, 15) is 9.90 Å². The normalized spacial score (nSPS) is 25.4. The molecule has 1 aliphatic heterocycles. The molecule has 0 saturated carbocycles. The minimum absolute atomic E-state index is 0.00384. The number of hydrogen-bond acceptors (Lipinski definition) is 2. The predicted octanol–water partition coefficient (Wildman–Crippen LogP) is 2.57. The maximum absolute atomic E-state index is 11.2. The van der Waals surface area contributed by atoms with Gasteiger partial charge in [-0.1, -0.05) is 6.08 Å². The van der Waals surface area contributed by atoms with Crippen molar-refractivity contribution in [3.63, 3.8) is 0 Å². The van der Waals surface area contributed by atoms with Crippen molar-refractivity contribution in [2.45, 2.75) is 58.5 Å². The lowest BCUT2D eigenvalue weighted by molar-refractivity contribution is -0.133. The summed E-state index contributed by atoms with van der Waals surface area (Å²) >= 11 is 0. The van der Waals surface area contributed by atoms with Crippen molar-refractivity contribution >= 4 is 5.97 Å². The van der Waals surface area contributed by atoms with Gasteiger partial charge in [-0.3, -0.25) is 0 Å². The summed E-state index contributed by atoms with van der Waals surface area (Å²) in [6.45, 7) is 10.4. The van der Waals surface area contributed by atoms with Gasteiger partial charge in [0.05, 0.1) is 0 Å². The highest BCUT2D eigenvalue weighted by Gasteiger charge is 2.39. The van der Waals surface area contributed by atoms with Crippen molar-refractivity contribution in [2.75, 3.05) is 0 Å². The molecule has 0 spiro atoms. The molecule has 0 atom stereocenters. The lowest BCUT2D eigenvalue weighted by Gasteiger charge is -2.46. The monoisotopic (exact) mass is 225 g/mol. The quantitative estimate of drug-likeness (QED) is 0.710. The van der Waals surface area contributed by atoms with Crippen molar-refractivity contribution in [1.82, 2.24) is 5.32 Å². The summed E-state index contributed by atoms with van der Waals surface area (Å²) in [5, 5.41) is 12.7. The van der Waals surface area contributed by atoms with Crippen LogP contribution in [0.15, 0.2) is 11.6 Å². The minimum atomic E-state index is -0.777. The number of carbonyl (C=O) groups is 1. The maximum Gasteiger partial charge on any atom is 0.331 e. The topological polar surface area (TPSA) is 49.3 Å². The largest absolute Gasteiger partial charge is 0.478 e. The van der Waals surface area contributed by atoms with Crippen molar-refractivity contribution in [3.8, 4) is 0 Å². The Morgan fingerprint density at radius 3 is 2.00 bits per heavy atom. The molecular weight excluding hydrogens is 202 g/mol. The van der Waals surface area contributed by atoms with Gasteiger partial charge >= 0.3 is 5.97 Å². The number of aliphatic carboxylic acids is 1. The van der Waals surface area contributed by atoms with Crippen molar-refractivity contribution in [3.05, 3.63) is 11.6 Å². The third kappa shape index (κ3) is 3.08. The van der Waals surface area contributed by atoms with E-state index in [1.165, 1.54) is 0 Å². The highest BCUT2D eigenvalue weighted by molar-refractivity contribution is 5.87. The molecule has 1 rings (SSSR count). The fourth-order valence-corrected chi connectivity index (χ4v) is 3.08. The zero-order valence-electron chi connectivity index (χ0n) is 10.9. The Balaban J connectivity index is 2.94. The molecule has 0 radical (unpaired) electrons. The number of carboxylic acid groups (broad SMARTS) is 1. The van der Waals surface area contributed by atoms with E-state index < -0.39 is 5.97 Å². The minimum Gasteiger partial charge on any atom is -0.478 e. The zero-order valence-corrected chi connectivity index (χ0v) is 10.9. The van der Waals surface area contributed by atoms with E-state index in [-0.39, 0.29) is 17.0 Å². The van der Waals surface area contributed by atoms with Crippen LogP contribution >= 0.6 is 0 Å². The van der Waals surface area contributed by atoms with E-state index in [0.717, 1.165) is 12.8 Å². The van der Waals surface area contributed by atoms with Crippen LogP contribution in [0.4, 0.5) is 0 Å². The maximum atomic E-state index is 11.2. The van der Waals surface area contributed by atoms with Crippen LogP contribution in [0.3, 0.4) is 0 Å². The van der Waals surface area contributed by atoms with Crippen LogP contribution in [0.25, 0.3) is 0 Å². The van der Waals surface area contributed by atoms with Crippen LogP contribution in [-0.4, -0.2) is 22.2 Å². The Morgan fingerprint density at radius 1 is 1.25 bits per heavy atom. The first kappa shape index (κ1) is 13.2. The van der Waals surface area contributed by atoms with Gasteiger partial charge in [-0.25, -0.2) is 4.79 Å². The summed E-state index contributed by atoms with van der Waals surface area (Å²) in [6.07, 6.45) is 3.50. The molecule has 3 heteroatoms. The standard InChI is InChI=1S/C13H23NO2/c1-6-10(11(15)16)9-7-12(2,3)14-13(4,5)8-9/h6,9,14H,7-8H2,1-5H3,(H,15,16)/b10-6+. The zero-order chi connectivity index (χ0) is 12.6. The Bertz CT molecular complexity index is 300. The van der Waals surface area contributed by atoms with Gasteiger partial charge in [0.25, 0.3) is 0 Å². The number of hydrogen-bond donors (Lipinski definition) is 2. The average Bonchev–Trinajstić information content (AvgIpc) is 1.97. The van der Waals surface area contributed by atoms with E-state index in [0.29, 0.717) is 5.57 Å². The smallest absolute Gasteiger partial charge is 0.331 e. The molecule has 1 aliphatic rings. The fraction of sp³-hybridized carbons (Fsp3) is 0.769. The number of nitrogens with one attached hydrogen (secondary N) is 1. The highest BCUT2D eigenvalue weighted by Crippen LogP contribution is 2.36. The molecule has 0 aromatic heterocycles. The SMILES string of the molecule is C/C=C(/C(=O)O)C1CC(C)(C)NC(C)(C)C1. The van der Waals surface area contributed by atoms with E-state index >= 15 is 0 Å². The van der Waals surface area contributed by atoms with Crippen molar-refractivity contribution < 1.29 is 9.90 Å². The molecule has 0 aromatic carbocycles. The lowest BCUT2D eigenvalue weighted by atomic mass is 9.73. The second-order valence-electron chi connectivity index (χ2n) is 6.05. The molecule has 3 nitrogen and oxygen atoms in total. The van der Waals surface area contributed by atoms with Crippen LogP contribution in [-0.2, 0) is 4.79 Å². The molecule has 1 fully saturated rings. The summed E-state index contributed by atoms with van der Waals surface area (Å²) in [5.41, 5.74) is 0.550. The Morgan fingerprint density at radius 2 is 1.69 bits per heavy atom. The molecule has 1 saturated heterocycles. The number of piperidine rings is 1. The lowest BCUT2D eigenvalue weighted by Crippen LogP contribution is -2.58. The van der Waals surface area contributed by atoms with Gasteiger partial charge in [-0.2, -0.15) is 0 Å². The Labute approximate surface area is 97.9 Å². The molecule has 0 amide bonds. The molecule has 2 N–H and O–H groups in total. The molecule has 0 aliphatic carbocycles. The Kier molecular flexibility index (Phi) is 3.48. The summed E-state index contributed by atoms with van der Waals surface area (Å²) in [4.78, 5) is 11.2. The van der Waals surface area contributed by atoms with Crippen molar-refractivity contribution in [2.24, 2.45) is 5.92 Å². The number of carboxylic acids is 1. The molecular formula is C13H23NO2. The third-order valence-electron chi connectivity index (χ3n) is 3.19. The van der Waals surface area contributed by atoms with Crippen LogP contribution in [0.1, 0.15) is 47.5 Å². The summed E-state index contributed by atoms with van der Waals surface area (Å²) in [7, 11) is 0. The second kappa shape index (κ2) is 4.21. The molecule has 0 aromatic rings. The van der Waals surface area contributed by atoms with E-state index in [1.54, 1.807) is 6.08 Å². The third-order valence-corrected chi connectivity index (χ3v) is 3.19. The summed E-state index contributed by atoms with van der Waals surface area (Å²) < 4.78 is 0. The average molecular weight is 225 g/mol. The van der Waals surface area contributed by atoms with E-state index in [4.69, 9.17) is 0 Å². The molecule has 92 valence electrons.